The molecule has 0 aliphatic carbocycles. The van der Waals surface area contributed by atoms with Crippen molar-refractivity contribution in [3.05, 3.63) is 17.2 Å². The maximum atomic E-state index is 8.83. The van der Waals surface area contributed by atoms with E-state index in [0.29, 0.717) is 10.8 Å². The van der Waals surface area contributed by atoms with Crippen molar-refractivity contribution in [2.45, 2.75) is 19.5 Å². The highest BCUT2D eigenvalue weighted by molar-refractivity contribution is 6.30. The van der Waals surface area contributed by atoms with Gasteiger partial charge in [0.05, 0.1) is 24.7 Å². The first-order valence-electron chi connectivity index (χ1n) is 3.77. The third-order valence-electron chi connectivity index (χ3n) is 1.72. The molecular weight excluding hydrogens is 178 g/mol. The molecule has 3 N–H and O–H groups in total. The monoisotopic (exact) mass is 189 g/mol. The van der Waals surface area contributed by atoms with Gasteiger partial charge in [0.25, 0.3) is 0 Å². The Hall–Kier alpha value is -0.580. The zero-order valence-corrected chi connectivity index (χ0v) is 7.62. The van der Waals surface area contributed by atoms with E-state index in [1.807, 2.05) is 11.5 Å². The van der Waals surface area contributed by atoms with Crippen LogP contribution >= 0.6 is 11.6 Å². The van der Waals surface area contributed by atoms with Gasteiger partial charge in [0.2, 0.25) is 0 Å². The Bertz CT molecular complexity index is 261. The third kappa shape index (κ3) is 1.60. The molecule has 1 aromatic heterocycles. The molecule has 0 saturated heterocycles. The van der Waals surface area contributed by atoms with E-state index in [1.165, 1.54) is 0 Å². The van der Waals surface area contributed by atoms with Crippen molar-refractivity contribution in [1.29, 1.82) is 0 Å². The summed E-state index contributed by atoms with van der Waals surface area (Å²) in [4.78, 5) is 3.89. The third-order valence-corrected chi connectivity index (χ3v) is 2.01. The van der Waals surface area contributed by atoms with Crippen molar-refractivity contribution in [2.24, 2.45) is 5.73 Å². The van der Waals surface area contributed by atoms with E-state index in [1.54, 1.807) is 6.33 Å². The van der Waals surface area contributed by atoms with Crippen molar-refractivity contribution in [2.75, 3.05) is 6.61 Å². The van der Waals surface area contributed by atoms with Crippen LogP contribution in [-0.4, -0.2) is 21.3 Å². The quantitative estimate of drug-likeness (QED) is 0.730. The van der Waals surface area contributed by atoms with Crippen molar-refractivity contribution in [1.82, 2.24) is 9.55 Å². The SMILES string of the molecule is CCn1cnc(Cl)c1[C@H](N)CO. The van der Waals surface area contributed by atoms with Gasteiger partial charge in [0.15, 0.2) is 5.15 Å². The van der Waals surface area contributed by atoms with Crippen molar-refractivity contribution in [3.63, 3.8) is 0 Å². The number of nitrogens with zero attached hydrogens (tertiary/aromatic N) is 2. The van der Waals surface area contributed by atoms with Crippen LogP contribution in [0.15, 0.2) is 6.33 Å². The number of imidazole rings is 1. The summed E-state index contributed by atoms with van der Waals surface area (Å²) >= 11 is 5.77. The lowest BCUT2D eigenvalue weighted by Gasteiger charge is -2.10. The van der Waals surface area contributed by atoms with Crippen LogP contribution in [0.2, 0.25) is 5.15 Å². The molecule has 0 unspecified atom stereocenters. The molecule has 0 spiro atoms. The van der Waals surface area contributed by atoms with Gasteiger partial charge in [-0.05, 0) is 6.92 Å². The van der Waals surface area contributed by atoms with E-state index in [4.69, 9.17) is 22.4 Å². The molecule has 4 nitrogen and oxygen atoms in total. The van der Waals surface area contributed by atoms with Gasteiger partial charge in [0.1, 0.15) is 0 Å². The summed E-state index contributed by atoms with van der Waals surface area (Å²) < 4.78 is 1.82. The second-order valence-electron chi connectivity index (χ2n) is 2.50. The zero-order valence-electron chi connectivity index (χ0n) is 6.87. The first-order chi connectivity index (χ1) is 5.70. The Morgan fingerprint density at radius 3 is 3.00 bits per heavy atom. The standard InChI is InChI=1S/C7H12ClN3O/c1-2-11-4-10-7(8)6(11)5(9)3-12/h4-5,12H,2-3,9H2,1H3/t5-/m1/s1. The number of aliphatic hydroxyl groups is 1. The van der Waals surface area contributed by atoms with Gasteiger partial charge in [-0.1, -0.05) is 11.6 Å². The molecule has 0 aliphatic rings. The van der Waals surface area contributed by atoms with Crippen LogP contribution in [0.4, 0.5) is 0 Å². The molecule has 0 saturated carbocycles. The highest BCUT2D eigenvalue weighted by Crippen LogP contribution is 2.19. The zero-order chi connectivity index (χ0) is 9.14. The fourth-order valence-electron chi connectivity index (χ4n) is 1.07. The van der Waals surface area contributed by atoms with Gasteiger partial charge in [-0.15, -0.1) is 0 Å². The van der Waals surface area contributed by atoms with E-state index < -0.39 is 6.04 Å². The molecular formula is C7H12ClN3O. The molecule has 1 atom stereocenters. The average Bonchev–Trinajstić information content (AvgIpc) is 2.45. The molecule has 0 amide bonds. The molecule has 0 bridgehead atoms. The highest BCUT2D eigenvalue weighted by Gasteiger charge is 2.14. The smallest absolute Gasteiger partial charge is 0.151 e. The van der Waals surface area contributed by atoms with Crippen LogP contribution in [0.5, 0.6) is 0 Å². The molecule has 5 heteroatoms. The number of aliphatic hydroxyl groups excluding tert-OH is 1. The minimum atomic E-state index is -0.444. The number of hydrogen-bond acceptors (Lipinski definition) is 3. The highest BCUT2D eigenvalue weighted by atomic mass is 35.5. The van der Waals surface area contributed by atoms with Gasteiger partial charge < -0.3 is 15.4 Å². The van der Waals surface area contributed by atoms with Gasteiger partial charge >= 0.3 is 0 Å². The summed E-state index contributed by atoms with van der Waals surface area (Å²) in [7, 11) is 0. The van der Waals surface area contributed by atoms with E-state index in [2.05, 4.69) is 4.98 Å². The molecule has 0 aliphatic heterocycles. The maximum Gasteiger partial charge on any atom is 0.151 e. The predicted molar refractivity (Wildman–Crippen MR) is 46.9 cm³/mol. The van der Waals surface area contributed by atoms with Gasteiger partial charge in [-0.2, -0.15) is 0 Å². The van der Waals surface area contributed by atoms with E-state index >= 15 is 0 Å². The number of aryl methyl sites for hydroxylation is 1. The molecule has 1 aromatic rings. The summed E-state index contributed by atoms with van der Waals surface area (Å²) in [6.45, 7) is 2.60. The number of hydrogen-bond donors (Lipinski definition) is 2. The Balaban J connectivity index is 3.01. The molecule has 0 radical (unpaired) electrons. The number of aromatic nitrogens is 2. The molecule has 0 fully saturated rings. The molecule has 12 heavy (non-hydrogen) atoms. The summed E-state index contributed by atoms with van der Waals surface area (Å²) in [6, 6.07) is -0.444. The lowest BCUT2D eigenvalue weighted by atomic mass is 10.2. The lowest BCUT2D eigenvalue weighted by molar-refractivity contribution is 0.263. The molecule has 0 aromatic carbocycles. The summed E-state index contributed by atoms with van der Waals surface area (Å²) in [5.41, 5.74) is 6.32. The van der Waals surface area contributed by atoms with Crippen LogP contribution in [0.1, 0.15) is 18.7 Å². The Morgan fingerprint density at radius 2 is 2.50 bits per heavy atom. The van der Waals surface area contributed by atoms with E-state index in [0.717, 1.165) is 6.54 Å². The minimum absolute atomic E-state index is 0.120. The second-order valence-corrected chi connectivity index (χ2v) is 2.85. The number of nitrogens with two attached hydrogens (primary N) is 1. The van der Waals surface area contributed by atoms with E-state index in [9.17, 15) is 0 Å². The van der Waals surface area contributed by atoms with Crippen LogP contribution in [0.25, 0.3) is 0 Å². The summed E-state index contributed by atoms with van der Waals surface area (Å²) in [6.07, 6.45) is 1.62. The number of rotatable bonds is 3. The van der Waals surface area contributed by atoms with Crippen molar-refractivity contribution in [3.8, 4) is 0 Å². The number of halogens is 1. The second kappa shape index (κ2) is 3.89. The van der Waals surface area contributed by atoms with Gasteiger partial charge in [-0.25, -0.2) is 4.98 Å². The fraction of sp³-hybridized carbons (Fsp3) is 0.571. The predicted octanol–water partition coefficient (Wildman–Crippen LogP) is 0.548. The van der Waals surface area contributed by atoms with Crippen LogP contribution in [-0.2, 0) is 6.54 Å². The van der Waals surface area contributed by atoms with Gasteiger partial charge in [0, 0.05) is 6.54 Å². The first-order valence-corrected chi connectivity index (χ1v) is 4.15. The Kier molecular flexibility index (Phi) is 3.08. The summed E-state index contributed by atoms with van der Waals surface area (Å²) in [5.74, 6) is 0. The molecule has 1 rings (SSSR count). The van der Waals surface area contributed by atoms with Crippen molar-refractivity contribution < 1.29 is 5.11 Å². The van der Waals surface area contributed by atoms with Crippen molar-refractivity contribution >= 4 is 11.6 Å². The molecule has 68 valence electrons. The minimum Gasteiger partial charge on any atom is -0.394 e. The van der Waals surface area contributed by atoms with E-state index in [-0.39, 0.29) is 6.61 Å². The average molecular weight is 190 g/mol. The summed E-state index contributed by atoms with van der Waals surface area (Å²) in [5, 5.41) is 9.20. The van der Waals surface area contributed by atoms with Crippen LogP contribution in [0, 0.1) is 0 Å². The largest absolute Gasteiger partial charge is 0.394 e. The van der Waals surface area contributed by atoms with Crippen LogP contribution < -0.4 is 5.73 Å². The fourth-order valence-corrected chi connectivity index (χ4v) is 1.36. The normalized spacial score (nSPS) is 13.3. The molecule has 1 heterocycles. The lowest BCUT2D eigenvalue weighted by Crippen LogP contribution is -2.18. The Labute approximate surface area is 76.0 Å². The first kappa shape index (κ1) is 9.51. The van der Waals surface area contributed by atoms with Gasteiger partial charge in [-0.3, -0.25) is 0 Å². The maximum absolute atomic E-state index is 8.83. The van der Waals surface area contributed by atoms with Crippen LogP contribution in [0.3, 0.4) is 0 Å². The topological polar surface area (TPSA) is 64.1 Å². The Morgan fingerprint density at radius 1 is 1.83 bits per heavy atom.